The number of rotatable bonds is 18. The third-order valence-electron chi connectivity index (χ3n) is 8.08. The molecule has 254 valence electrons. The van der Waals surface area contributed by atoms with E-state index < -0.39 is 0 Å². The lowest BCUT2D eigenvalue weighted by atomic mass is 10.1. The van der Waals surface area contributed by atoms with Gasteiger partial charge in [-0.25, -0.2) is 4.90 Å². The summed E-state index contributed by atoms with van der Waals surface area (Å²) in [7, 11) is 0. The summed E-state index contributed by atoms with van der Waals surface area (Å²) < 4.78 is 0. The molecule has 0 amide bonds. The largest absolute Gasteiger partial charge is 0.371 e. The van der Waals surface area contributed by atoms with Crippen LogP contribution in [0.5, 0.6) is 0 Å². The van der Waals surface area contributed by atoms with Crippen molar-refractivity contribution in [3.05, 3.63) is 72.8 Å². The van der Waals surface area contributed by atoms with Crippen LogP contribution in [-0.4, -0.2) is 39.3 Å². The Morgan fingerprint density at radius 2 is 0.500 bits per heavy atom. The molecule has 0 heterocycles. The number of nitrogens with zero attached hydrogens (tertiary/aromatic N) is 3. The highest BCUT2D eigenvalue weighted by molar-refractivity contribution is 5.58. The van der Waals surface area contributed by atoms with Gasteiger partial charge in [0.15, 0.2) is 0 Å². The van der Waals surface area contributed by atoms with Gasteiger partial charge in [-0.2, -0.15) is 0 Å². The molecule has 4 nitrogen and oxygen atoms in total. The van der Waals surface area contributed by atoms with Crippen molar-refractivity contribution in [3.8, 4) is 0 Å². The summed E-state index contributed by atoms with van der Waals surface area (Å²) in [5.74, 6) is 3.72. The van der Waals surface area contributed by atoms with E-state index in [0.29, 0.717) is 35.5 Å². The van der Waals surface area contributed by atoms with Crippen molar-refractivity contribution in [2.45, 2.75) is 83.1 Å². The molecular formula is C42H67N4+. The molecule has 46 heavy (non-hydrogen) atoms. The van der Waals surface area contributed by atoms with Crippen LogP contribution in [0.4, 0.5) is 34.1 Å². The number of anilines is 3. The van der Waals surface area contributed by atoms with Gasteiger partial charge in [-0.05, 0) is 71.9 Å². The quantitative estimate of drug-likeness (QED) is 0.151. The fourth-order valence-corrected chi connectivity index (χ4v) is 6.52. The fourth-order valence-electron chi connectivity index (χ4n) is 6.52. The lowest BCUT2D eigenvalue weighted by molar-refractivity contribution is -0.681. The van der Waals surface area contributed by atoms with Gasteiger partial charge in [0.25, 0.3) is 0 Å². The molecule has 0 aliphatic rings. The third kappa shape index (κ3) is 11.7. The summed E-state index contributed by atoms with van der Waals surface area (Å²) in [4.78, 5) is 8.96. The van der Waals surface area contributed by atoms with E-state index in [9.17, 15) is 0 Å². The van der Waals surface area contributed by atoms with Crippen molar-refractivity contribution in [1.82, 2.24) is 0 Å². The molecule has 0 bridgehead atoms. The lowest BCUT2D eigenvalue weighted by Crippen LogP contribution is -2.96. The zero-order chi connectivity index (χ0) is 34.0. The second kappa shape index (κ2) is 17.8. The molecule has 0 radical (unpaired) electrons. The van der Waals surface area contributed by atoms with E-state index in [1.54, 1.807) is 0 Å². The maximum atomic E-state index is 2.55. The lowest BCUT2D eigenvalue weighted by Gasteiger charge is -2.30. The molecule has 0 saturated heterocycles. The molecule has 3 rings (SSSR count). The maximum absolute atomic E-state index is 2.55. The number of nitrogens with one attached hydrogen (secondary N) is 1. The number of hydrogen-bond donors (Lipinski definition) is 1. The van der Waals surface area contributed by atoms with Gasteiger partial charge in [-0.15, -0.1) is 0 Å². The molecule has 0 spiro atoms. The summed E-state index contributed by atoms with van der Waals surface area (Å²) >= 11 is 0. The SMILES string of the molecule is CC(C)CN(CC(C)C)c1ccc([NH+](c2ccc(N(CC(C)C)CC(C)C)cc2)c2ccc(N(CC(C)C)CC(C)C)cc2)cc1. The van der Waals surface area contributed by atoms with Crippen molar-refractivity contribution >= 4 is 34.1 Å². The Balaban J connectivity index is 2.05. The van der Waals surface area contributed by atoms with E-state index in [4.69, 9.17) is 0 Å². The minimum Gasteiger partial charge on any atom is -0.371 e. The van der Waals surface area contributed by atoms with E-state index in [0.717, 1.165) is 39.3 Å². The second-order valence-corrected chi connectivity index (χ2v) is 16.1. The smallest absolute Gasteiger partial charge is 0.141 e. The molecule has 0 fully saturated rings. The van der Waals surface area contributed by atoms with Gasteiger partial charge < -0.3 is 14.7 Å². The second-order valence-electron chi connectivity index (χ2n) is 16.1. The van der Waals surface area contributed by atoms with Crippen molar-refractivity contribution in [2.75, 3.05) is 54.0 Å². The zero-order valence-electron chi connectivity index (χ0n) is 31.5. The third-order valence-corrected chi connectivity index (χ3v) is 8.08. The topological polar surface area (TPSA) is 14.2 Å². The van der Waals surface area contributed by atoms with Gasteiger partial charge >= 0.3 is 0 Å². The Kier molecular flexibility index (Phi) is 14.5. The molecule has 0 aliphatic heterocycles. The van der Waals surface area contributed by atoms with Crippen LogP contribution < -0.4 is 19.6 Å². The minimum absolute atomic E-state index is 0.620. The molecule has 0 unspecified atom stereocenters. The average molecular weight is 628 g/mol. The van der Waals surface area contributed by atoms with Gasteiger partial charge in [0.2, 0.25) is 0 Å². The number of hydrogen-bond acceptors (Lipinski definition) is 3. The number of quaternary nitrogens is 1. The van der Waals surface area contributed by atoms with Crippen molar-refractivity contribution in [2.24, 2.45) is 35.5 Å². The van der Waals surface area contributed by atoms with Gasteiger partial charge in [-0.1, -0.05) is 83.1 Å². The van der Waals surface area contributed by atoms with E-state index in [1.165, 1.54) is 39.0 Å². The fraction of sp³-hybridized carbons (Fsp3) is 0.571. The Morgan fingerprint density at radius 1 is 0.326 bits per heavy atom. The molecule has 1 N–H and O–H groups in total. The molecular weight excluding hydrogens is 560 g/mol. The molecule has 4 heteroatoms. The predicted molar refractivity (Wildman–Crippen MR) is 205 cm³/mol. The van der Waals surface area contributed by atoms with Gasteiger partial charge in [-0.3, -0.25) is 0 Å². The maximum Gasteiger partial charge on any atom is 0.141 e. The average Bonchev–Trinajstić information content (AvgIpc) is 2.96. The molecule has 3 aromatic rings. The van der Waals surface area contributed by atoms with Gasteiger partial charge in [0.1, 0.15) is 17.1 Å². The first-order valence-corrected chi connectivity index (χ1v) is 18.2. The molecule has 0 saturated carbocycles. The Labute approximate surface area is 283 Å². The predicted octanol–water partition coefficient (Wildman–Crippen LogP) is 10.2. The highest BCUT2D eigenvalue weighted by Crippen LogP contribution is 2.26. The molecule has 0 aliphatic carbocycles. The van der Waals surface area contributed by atoms with E-state index >= 15 is 0 Å². The van der Waals surface area contributed by atoms with Gasteiger partial charge in [0.05, 0.1) is 0 Å². The van der Waals surface area contributed by atoms with Crippen LogP contribution in [0.2, 0.25) is 0 Å². The van der Waals surface area contributed by atoms with E-state index in [1.807, 2.05) is 0 Å². The first-order chi connectivity index (χ1) is 21.7. The van der Waals surface area contributed by atoms with Crippen LogP contribution in [0.1, 0.15) is 83.1 Å². The van der Waals surface area contributed by atoms with Crippen LogP contribution in [0.15, 0.2) is 72.8 Å². The highest BCUT2D eigenvalue weighted by atomic mass is 15.2. The van der Waals surface area contributed by atoms with Crippen LogP contribution in [0.25, 0.3) is 0 Å². The summed E-state index contributed by atoms with van der Waals surface area (Å²) in [6.45, 7) is 34.2. The Hall–Kier alpha value is -2.98. The Bertz CT molecular complexity index is 1070. The normalized spacial score (nSPS) is 12.1. The number of benzene rings is 3. The summed E-state index contributed by atoms with van der Waals surface area (Å²) in [5, 5.41) is 0. The van der Waals surface area contributed by atoms with E-state index in [-0.39, 0.29) is 0 Å². The molecule has 0 aromatic heterocycles. The molecule has 3 aromatic carbocycles. The summed E-state index contributed by atoms with van der Waals surface area (Å²) in [5.41, 5.74) is 7.73. The van der Waals surface area contributed by atoms with Crippen molar-refractivity contribution in [1.29, 1.82) is 0 Å². The van der Waals surface area contributed by atoms with Gasteiger partial charge in [0, 0.05) is 92.7 Å². The first-order valence-electron chi connectivity index (χ1n) is 18.2. The zero-order valence-corrected chi connectivity index (χ0v) is 31.5. The van der Waals surface area contributed by atoms with Crippen LogP contribution in [-0.2, 0) is 0 Å². The first kappa shape index (κ1) is 37.5. The Morgan fingerprint density at radius 3 is 0.652 bits per heavy atom. The van der Waals surface area contributed by atoms with Crippen molar-refractivity contribution in [3.63, 3.8) is 0 Å². The summed E-state index contributed by atoms with van der Waals surface area (Å²) in [6, 6.07) is 28.1. The monoisotopic (exact) mass is 628 g/mol. The standard InChI is InChI=1S/C42H66N4/c1-31(2)25-43(26-32(3)4)37-13-19-40(20-14-37)46(41-21-15-38(16-22-41)44(27-33(5)6)28-34(7)8)42-23-17-39(18-24-42)45(29-35(9)10)30-36(11)12/h13-24,31-36H,25-30H2,1-12H3/p+1. The van der Waals surface area contributed by atoms with Crippen molar-refractivity contribution < 1.29 is 4.90 Å². The van der Waals surface area contributed by atoms with Crippen LogP contribution in [0, 0.1) is 35.5 Å². The van der Waals surface area contributed by atoms with Crippen LogP contribution in [0.3, 0.4) is 0 Å². The molecule has 0 atom stereocenters. The highest BCUT2D eigenvalue weighted by Gasteiger charge is 2.22. The summed E-state index contributed by atoms with van der Waals surface area (Å²) in [6.07, 6.45) is 0. The van der Waals surface area contributed by atoms with Crippen LogP contribution >= 0.6 is 0 Å². The minimum atomic E-state index is 0.620. The van der Waals surface area contributed by atoms with E-state index in [2.05, 4.69) is 171 Å².